The van der Waals surface area contributed by atoms with Crippen LogP contribution in [-0.2, 0) is 0 Å². The summed E-state index contributed by atoms with van der Waals surface area (Å²) in [5.41, 5.74) is 6.24. The molecular weight excluding hydrogens is 274 g/mol. The first-order chi connectivity index (χ1) is 10.1. The summed E-state index contributed by atoms with van der Waals surface area (Å²) in [4.78, 5) is 17.7. The molecule has 0 bridgehead atoms. The highest BCUT2D eigenvalue weighted by atomic mass is 16.6. The average Bonchev–Trinajstić information content (AvgIpc) is 2.43. The molecule has 0 amide bonds. The molecule has 0 spiro atoms. The minimum absolute atomic E-state index is 0.0837. The smallest absolute Gasteiger partial charge is 0.352 e. The molecule has 1 aromatic carbocycles. The molecular formula is C13H15N5O3. The van der Waals surface area contributed by atoms with Gasteiger partial charge in [-0.25, -0.2) is 9.97 Å². The average molecular weight is 289 g/mol. The third-order valence-electron chi connectivity index (χ3n) is 2.69. The second kappa shape index (κ2) is 6.51. The summed E-state index contributed by atoms with van der Waals surface area (Å²) in [5, 5.41) is 13.7. The van der Waals surface area contributed by atoms with Crippen LogP contribution in [0.3, 0.4) is 0 Å². The van der Waals surface area contributed by atoms with Gasteiger partial charge in [0.2, 0.25) is 11.6 Å². The van der Waals surface area contributed by atoms with Gasteiger partial charge in [0.05, 0.1) is 11.5 Å². The SMILES string of the molecule is Cc1cccc(OCCNc2ncnc(N)c2[N+](=O)[O-])c1. The molecule has 3 N–H and O–H groups in total. The van der Waals surface area contributed by atoms with Crippen LogP contribution in [0.1, 0.15) is 5.56 Å². The molecule has 110 valence electrons. The van der Waals surface area contributed by atoms with Gasteiger partial charge in [0.25, 0.3) is 0 Å². The molecule has 1 aromatic heterocycles. The molecule has 8 nitrogen and oxygen atoms in total. The van der Waals surface area contributed by atoms with E-state index in [2.05, 4.69) is 15.3 Å². The van der Waals surface area contributed by atoms with E-state index in [4.69, 9.17) is 10.5 Å². The van der Waals surface area contributed by atoms with Crippen LogP contribution in [0.2, 0.25) is 0 Å². The molecule has 21 heavy (non-hydrogen) atoms. The Kier molecular flexibility index (Phi) is 4.50. The summed E-state index contributed by atoms with van der Waals surface area (Å²) in [7, 11) is 0. The van der Waals surface area contributed by atoms with Crippen molar-refractivity contribution in [2.45, 2.75) is 6.92 Å². The Bertz CT molecular complexity index is 647. The Morgan fingerprint density at radius 2 is 2.24 bits per heavy atom. The van der Waals surface area contributed by atoms with E-state index in [1.54, 1.807) is 0 Å². The number of nitrogens with zero attached hydrogens (tertiary/aromatic N) is 3. The Morgan fingerprint density at radius 1 is 1.43 bits per heavy atom. The quantitative estimate of drug-likeness (QED) is 0.473. The monoisotopic (exact) mass is 289 g/mol. The highest BCUT2D eigenvalue weighted by molar-refractivity contribution is 5.67. The number of nitrogens with two attached hydrogens (primary N) is 1. The van der Waals surface area contributed by atoms with Crippen molar-refractivity contribution in [3.8, 4) is 5.75 Å². The van der Waals surface area contributed by atoms with Crippen molar-refractivity contribution in [1.29, 1.82) is 0 Å². The molecule has 0 radical (unpaired) electrons. The third kappa shape index (κ3) is 3.78. The van der Waals surface area contributed by atoms with E-state index in [-0.39, 0.29) is 17.3 Å². The van der Waals surface area contributed by atoms with Crippen molar-refractivity contribution in [2.75, 3.05) is 24.2 Å². The Morgan fingerprint density at radius 3 is 2.95 bits per heavy atom. The number of anilines is 2. The van der Waals surface area contributed by atoms with Crippen molar-refractivity contribution in [1.82, 2.24) is 9.97 Å². The van der Waals surface area contributed by atoms with Gasteiger partial charge in [0.15, 0.2) is 0 Å². The molecule has 0 fully saturated rings. The first-order valence-electron chi connectivity index (χ1n) is 6.26. The maximum absolute atomic E-state index is 10.9. The lowest BCUT2D eigenvalue weighted by Gasteiger charge is -2.09. The molecule has 0 saturated carbocycles. The summed E-state index contributed by atoms with van der Waals surface area (Å²) in [6.45, 7) is 2.66. The van der Waals surface area contributed by atoms with Crippen molar-refractivity contribution < 1.29 is 9.66 Å². The maximum atomic E-state index is 10.9. The summed E-state index contributed by atoms with van der Waals surface area (Å²) < 4.78 is 5.53. The van der Waals surface area contributed by atoms with Crippen molar-refractivity contribution in [3.63, 3.8) is 0 Å². The number of aromatic nitrogens is 2. The van der Waals surface area contributed by atoms with E-state index in [1.807, 2.05) is 31.2 Å². The topological polar surface area (TPSA) is 116 Å². The number of aryl methyl sites for hydroxylation is 1. The van der Waals surface area contributed by atoms with Crippen LogP contribution in [0.25, 0.3) is 0 Å². The fourth-order valence-electron chi connectivity index (χ4n) is 1.75. The zero-order valence-corrected chi connectivity index (χ0v) is 11.4. The van der Waals surface area contributed by atoms with Gasteiger partial charge in [-0.05, 0) is 24.6 Å². The van der Waals surface area contributed by atoms with Crippen LogP contribution in [0.15, 0.2) is 30.6 Å². The number of benzene rings is 1. The number of nitro groups is 1. The standard InChI is InChI=1S/C13H15N5O3/c1-9-3-2-4-10(7-9)21-6-5-15-13-11(18(19)20)12(14)16-8-17-13/h2-4,7-8H,5-6H2,1H3,(H3,14,15,16,17). The normalized spacial score (nSPS) is 10.1. The zero-order valence-electron chi connectivity index (χ0n) is 11.4. The Labute approximate surface area is 121 Å². The molecule has 0 aliphatic rings. The lowest BCUT2D eigenvalue weighted by atomic mass is 10.2. The van der Waals surface area contributed by atoms with E-state index >= 15 is 0 Å². The first kappa shape index (κ1) is 14.5. The van der Waals surface area contributed by atoms with Crippen molar-refractivity contribution in [3.05, 3.63) is 46.3 Å². The maximum Gasteiger partial charge on any atom is 0.352 e. The second-order valence-corrected chi connectivity index (χ2v) is 4.30. The van der Waals surface area contributed by atoms with E-state index in [9.17, 15) is 10.1 Å². The number of ether oxygens (including phenoxy) is 1. The Hall–Kier alpha value is -2.90. The van der Waals surface area contributed by atoms with Gasteiger partial charge in [-0.3, -0.25) is 10.1 Å². The zero-order chi connectivity index (χ0) is 15.2. The molecule has 2 aromatic rings. The van der Waals surface area contributed by atoms with E-state index in [1.165, 1.54) is 6.33 Å². The fourth-order valence-corrected chi connectivity index (χ4v) is 1.75. The number of nitrogens with one attached hydrogen (secondary N) is 1. The molecule has 0 atom stereocenters. The first-order valence-corrected chi connectivity index (χ1v) is 6.26. The lowest BCUT2D eigenvalue weighted by Crippen LogP contribution is -2.14. The number of rotatable bonds is 6. The molecule has 2 rings (SSSR count). The Balaban J connectivity index is 1.92. The molecule has 0 aliphatic carbocycles. The number of hydrogen-bond acceptors (Lipinski definition) is 7. The molecule has 0 unspecified atom stereocenters. The summed E-state index contributed by atoms with van der Waals surface area (Å²) >= 11 is 0. The van der Waals surface area contributed by atoms with Crippen LogP contribution >= 0.6 is 0 Å². The predicted molar refractivity (Wildman–Crippen MR) is 78.3 cm³/mol. The van der Waals surface area contributed by atoms with Crippen molar-refractivity contribution >= 4 is 17.3 Å². The number of hydrogen-bond donors (Lipinski definition) is 2. The van der Waals surface area contributed by atoms with E-state index in [0.29, 0.717) is 13.2 Å². The second-order valence-electron chi connectivity index (χ2n) is 4.30. The van der Waals surface area contributed by atoms with Gasteiger partial charge in [-0.15, -0.1) is 0 Å². The van der Waals surface area contributed by atoms with Gasteiger partial charge in [0.1, 0.15) is 18.7 Å². The summed E-state index contributed by atoms with van der Waals surface area (Å²) in [6, 6.07) is 7.62. The molecule has 8 heteroatoms. The minimum atomic E-state index is -0.612. The van der Waals surface area contributed by atoms with Crippen LogP contribution < -0.4 is 15.8 Å². The van der Waals surface area contributed by atoms with E-state index < -0.39 is 4.92 Å². The van der Waals surface area contributed by atoms with Gasteiger partial charge >= 0.3 is 5.69 Å². The summed E-state index contributed by atoms with van der Waals surface area (Å²) in [5.74, 6) is 0.658. The van der Waals surface area contributed by atoms with Gasteiger partial charge in [0, 0.05) is 0 Å². The molecule has 0 saturated heterocycles. The van der Waals surface area contributed by atoms with Crippen molar-refractivity contribution in [2.24, 2.45) is 0 Å². The van der Waals surface area contributed by atoms with E-state index in [0.717, 1.165) is 11.3 Å². The van der Waals surface area contributed by atoms with Gasteiger partial charge < -0.3 is 15.8 Å². The molecule has 0 aliphatic heterocycles. The van der Waals surface area contributed by atoms with Crippen LogP contribution in [0.5, 0.6) is 5.75 Å². The fraction of sp³-hybridized carbons (Fsp3) is 0.231. The third-order valence-corrected chi connectivity index (χ3v) is 2.69. The predicted octanol–water partition coefficient (Wildman–Crippen LogP) is 1.77. The largest absolute Gasteiger partial charge is 0.492 e. The lowest BCUT2D eigenvalue weighted by molar-refractivity contribution is -0.383. The van der Waals surface area contributed by atoms with Gasteiger partial charge in [-0.2, -0.15) is 0 Å². The van der Waals surface area contributed by atoms with Crippen LogP contribution in [-0.4, -0.2) is 28.0 Å². The van der Waals surface area contributed by atoms with Crippen LogP contribution in [0.4, 0.5) is 17.3 Å². The summed E-state index contributed by atoms with van der Waals surface area (Å²) in [6.07, 6.45) is 1.17. The van der Waals surface area contributed by atoms with Gasteiger partial charge in [-0.1, -0.05) is 12.1 Å². The number of nitrogen functional groups attached to an aromatic ring is 1. The van der Waals surface area contributed by atoms with Crippen LogP contribution in [0, 0.1) is 17.0 Å². The molecule has 1 heterocycles. The minimum Gasteiger partial charge on any atom is -0.492 e. The highest BCUT2D eigenvalue weighted by Gasteiger charge is 2.20. The highest BCUT2D eigenvalue weighted by Crippen LogP contribution is 2.25.